The number of amides is 1. The molecule has 7 nitrogen and oxygen atoms in total. The van der Waals surface area contributed by atoms with Crippen LogP contribution in [0.4, 0.5) is 11.4 Å². The van der Waals surface area contributed by atoms with E-state index in [2.05, 4.69) is 10.2 Å². The highest BCUT2D eigenvalue weighted by Gasteiger charge is 2.13. The Morgan fingerprint density at radius 2 is 1.71 bits per heavy atom. The Kier molecular flexibility index (Phi) is 6.72. The fraction of sp³-hybridized carbons (Fsp3) is 0.333. The molecule has 2 heterocycles. The normalized spacial score (nSPS) is 15.5. The van der Waals surface area contributed by atoms with E-state index in [-0.39, 0.29) is 19.3 Å². The summed E-state index contributed by atoms with van der Waals surface area (Å²) in [4.78, 5) is 26.4. The summed E-state index contributed by atoms with van der Waals surface area (Å²) < 4.78 is 15.6. The van der Waals surface area contributed by atoms with E-state index in [0.717, 1.165) is 18.7 Å². The van der Waals surface area contributed by atoms with Crippen LogP contribution in [-0.4, -0.2) is 38.4 Å². The first-order valence-corrected chi connectivity index (χ1v) is 10.6. The minimum atomic E-state index is -0.593. The smallest absolute Gasteiger partial charge is 0.331 e. The van der Waals surface area contributed by atoms with E-state index < -0.39 is 5.97 Å². The molecule has 0 aliphatic carbocycles. The molecule has 2 aliphatic rings. The number of carbonyl (C=O) groups excluding carboxylic acids is 2. The minimum Gasteiger partial charge on any atom is -0.454 e. The fourth-order valence-corrected chi connectivity index (χ4v) is 3.65. The Balaban J connectivity index is 1.22. The molecule has 2 aromatic carbocycles. The minimum absolute atomic E-state index is 0.195. The molecule has 1 fully saturated rings. The molecule has 0 spiro atoms. The zero-order valence-corrected chi connectivity index (χ0v) is 17.3. The average Bonchev–Trinajstić information content (AvgIpc) is 3.08. The highest BCUT2D eigenvalue weighted by Crippen LogP contribution is 2.32. The summed E-state index contributed by atoms with van der Waals surface area (Å²) in [5, 5.41) is 2.75. The highest BCUT2D eigenvalue weighted by atomic mass is 16.7. The number of rotatable bonds is 6. The summed E-state index contributed by atoms with van der Waals surface area (Å²) in [6.07, 6.45) is 7.88. The molecule has 31 heavy (non-hydrogen) atoms. The van der Waals surface area contributed by atoms with Gasteiger partial charge in [-0.25, -0.2) is 4.79 Å². The molecule has 2 aromatic rings. The number of nitrogens with one attached hydrogen (secondary N) is 1. The van der Waals surface area contributed by atoms with E-state index in [1.807, 2.05) is 24.3 Å². The second-order valence-corrected chi connectivity index (χ2v) is 7.55. The van der Waals surface area contributed by atoms with Crippen LogP contribution >= 0.6 is 0 Å². The van der Waals surface area contributed by atoms with Gasteiger partial charge in [0.2, 0.25) is 6.79 Å². The van der Waals surface area contributed by atoms with Crippen LogP contribution in [0, 0.1) is 0 Å². The van der Waals surface area contributed by atoms with Crippen molar-refractivity contribution < 1.29 is 23.8 Å². The lowest BCUT2D eigenvalue weighted by Gasteiger charge is -2.22. The molecule has 4 rings (SSSR count). The van der Waals surface area contributed by atoms with Crippen LogP contribution in [0.25, 0.3) is 6.08 Å². The van der Waals surface area contributed by atoms with Crippen molar-refractivity contribution in [1.82, 2.24) is 0 Å². The van der Waals surface area contributed by atoms with Crippen molar-refractivity contribution in [2.24, 2.45) is 0 Å². The van der Waals surface area contributed by atoms with Crippen LogP contribution < -0.4 is 19.7 Å². The van der Waals surface area contributed by atoms with Gasteiger partial charge in [0, 0.05) is 30.5 Å². The Labute approximate surface area is 181 Å². The second-order valence-electron chi connectivity index (χ2n) is 7.55. The maximum Gasteiger partial charge on any atom is 0.331 e. The predicted octanol–water partition coefficient (Wildman–Crippen LogP) is 3.99. The van der Waals surface area contributed by atoms with E-state index in [1.165, 1.54) is 37.4 Å². The zero-order valence-electron chi connectivity index (χ0n) is 17.3. The summed E-state index contributed by atoms with van der Waals surface area (Å²) in [7, 11) is 0. The number of nitrogens with zero attached hydrogens (tertiary/aromatic N) is 1. The molecule has 0 aromatic heterocycles. The van der Waals surface area contributed by atoms with Gasteiger partial charge in [-0.1, -0.05) is 18.9 Å². The third kappa shape index (κ3) is 5.78. The Morgan fingerprint density at radius 1 is 0.968 bits per heavy atom. The number of benzene rings is 2. The topological polar surface area (TPSA) is 77.1 Å². The standard InChI is InChI=1S/C24H26N2O5/c27-23(25-19-7-9-20(10-8-19)26-13-3-1-2-4-14-26)16-29-24(28)12-6-18-5-11-21-22(15-18)31-17-30-21/h5-12,15H,1-4,13-14,16-17H2,(H,25,27)/b12-6+. The van der Waals surface area contributed by atoms with E-state index in [4.69, 9.17) is 14.2 Å². The summed E-state index contributed by atoms with van der Waals surface area (Å²) >= 11 is 0. The van der Waals surface area contributed by atoms with Crippen molar-refractivity contribution in [3.05, 3.63) is 54.1 Å². The molecule has 1 amide bonds. The van der Waals surface area contributed by atoms with Crippen LogP contribution in [0.15, 0.2) is 48.5 Å². The van der Waals surface area contributed by atoms with E-state index in [9.17, 15) is 9.59 Å². The van der Waals surface area contributed by atoms with Crippen LogP contribution in [0.3, 0.4) is 0 Å². The summed E-state index contributed by atoms with van der Waals surface area (Å²) in [5.41, 5.74) is 2.62. The van der Waals surface area contributed by atoms with Crippen molar-refractivity contribution in [2.75, 3.05) is 36.7 Å². The molecule has 0 bridgehead atoms. The lowest BCUT2D eigenvalue weighted by Crippen LogP contribution is -2.24. The lowest BCUT2D eigenvalue weighted by molar-refractivity contribution is -0.142. The first kappa shape index (κ1) is 20.8. The number of anilines is 2. The van der Waals surface area contributed by atoms with E-state index in [1.54, 1.807) is 24.3 Å². The van der Waals surface area contributed by atoms with Gasteiger partial charge >= 0.3 is 5.97 Å². The monoisotopic (exact) mass is 422 g/mol. The highest BCUT2D eigenvalue weighted by molar-refractivity contribution is 5.94. The molecule has 1 saturated heterocycles. The van der Waals surface area contributed by atoms with Gasteiger partial charge < -0.3 is 24.4 Å². The average molecular weight is 422 g/mol. The molecule has 2 aliphatic heterocycles. The first-order chi connectivity index (χ1) is 15.2. The quantitative estimate of drug-likeness (QED) is 0.560. The molecule has 7 heteroatoms. The molecule has 0 saturated carbocycles. The van der Waals surface area contributed by atoms with Gasteiger partial charge in [0.25, 0.3) is 5.91 Å². The molecule has 0 atom stereocenters. The van der Waals surface area contributed by atoms with E-state index >= 15 is 0 Å². The van der Waals surface area contributed by atoms with Crippen molar-refractivity contribution in [1.29, 1.82) is 0 Å². The SMILES string of the molecule is O=C(COC(=O)/C=C/c1ccc2c(c1)OCO2)Nc1ccc(N2CCCCCC2)cc1. The Bertz CT molecular complexity index is 947. The molecular weight excluding hydrogens is 396 g/mol. The van der Waals surface area contributed by atoms with Gasteiger partial charge in [-0.3, -0.25) is 4.79 Å². The van der Waals surface area contributed by atoms with Crippen LogP contribution in [0.5, 0.6) is 11.5 Å². The van der Waals surface area contributed by atoms with Crippen molar-refractivity contribution in [3.8, 4) is 11.5 Å². The molecule has 1 N–H and O–H groups in total. The van der Waals surface area contributed by atoms with Gasteiger partial charge in [0.05, 0.1) is 0 Å². The number of hydrogen-bond acceptors (Lipinski definition) is 6. The number of esters is 1. The first-order valence-electron chi connectivity index (χ1n) is 10.6. The van der Waals surface area contributed by atoms with E-state index in [0.29, 0.717) is 17.2 Å². The predicted molar refractivity (Wildman–Crippen MR) is 118 cm³/mol. The molecular formula is C24H26N2O5. The Hall–Kier alpha value is -3.48. The van der Waals surface area contributed by atoms with Gasteiger partial charge in [0.15, 0.2) is 18.1 Å². The third-order valence-electron chi connectivity index (χ3n) is 5.28. The molecule has 162 valence electrons. The maximum absolute atomic E-state index is 12.1. The van der Waals surface area contributed by atoms with Gasteiger partial charge in [-0.2, -0.15) is 0 Å². The third-order valence-corrected chi connectivity index (χ3v) is 5.28. The number of carbonyl (C=O) groups is 2. The van der Waals surface area contributed by atoms with Crippen LogP contribution in [0.2, 0.25) is 0 Å². The number of hydrogen-bond donors (Lipinski definition) is 1. The fourth-order valence-electron chi connectivity index (χ4n) is 3.65. The number of ether oxygens (including phenoxy) is 3. The summed E-state index contributed by atoms with van der Waals surface area (Å²) in [6.45, 7) is 1.99. The molecule has 0 unspecified atom stereocenters. The lowest BCUT2D eigenvalue weighted by atomic mass is 10.2. The number of fused-ring (bicyclic) bond motifs is 1. The van der Waals surface area contributed by atoms with Crippen LogP contribution in [-0.2, 0) is 14.3 Å². The maximum atomic E-state index is 12.1. The van der Waals surface area contributed by atoms with Gasteiger partial charge in [0.1, 0.15) is 0 Å². The van der Waals surface area contributed by atoms with Gasteiger partial charge in [-0.15, -0.1) is 0 Å². The summed E-state index contributed by atoms with van der Waals surface area (Å²) in [5.74, 6) is 0.337. The Morgan fingerprint density at radius 3 is 2.48 bits per heavy atom. The largest absolute Gasteiger partial charge is 0.454 e. The van der Waals surface area contributed by atoms with Crippen molar-refractivity contribution in [2.45, 2.75) is 25.7 Å². The van der Waals surface area contributed by atoms with Crippen LogP contribution in [0.1, 0.15) is 31.2 Å². The van der Waals surface area contributed by atoms with Crippen molar-refractivity contribution >= 4 is 29.3 Å². The molecule has 0 radical (unpaired) electrons. The zero-order chi connectivity index (χ0) is 21.5. The summed E-state index contributed by atoms with van der Waals surface area (Å²) in [6, 6.07) is 13.1. The van der Waals surface area contributed by atoms with Gasteiger partial charge in [-0.05, 0) is 60.9 Å². The second kappa shape index (κ2) is 10.0. The van der Waals surface area contributed by atoms with Crippen molar-refractivity contribution in [3.63, 3.8) is 0 Å².